The van der Waals surface area contributed by atoms with E-state index in [1.807, 2.05) is 0 Å². The summed E-state index contributed by atoms with van der Waals surface area (Å²) in [6.07, 6.45) is 2.73. The van der Waals surface area contributed by atoms with Crippen LogP contribution in [0.3, 0.4) is 0 Å². The average molecular weight is 234 g/mol. The minimum atomic E-state index is 0.650. The summed E-state index contributed by atoms with van der Waals surface area (Å²) in [6, 6.07) is 0. The Kier molecular flexibility index (Phi) is 3.94. The van der Waals surface area contributed by atoms with Gasteiger partial charge < -0.3 is 10.2 Å². The summed E-state index contributed by atoms with van der Waals surface area (Å²) in [5.74, 6) is 1.77. The van der Waals surface area contributed by atoms with Crippen molar-refractivity contribution in [3.63, 3.8) is 0 Å². The number of nitrogens with zero attached hydrogens (tertiary/aromatic N) is 3. The van der Waals surface area contributed by atoms with Gasteiger partial charge in [-0.15, -0.1) is 0 Å². The van der Waals surface area contributed by atoms with Crippen LogP contribution in [0.2, 0.25) is 0 Å². The molecule has 0 saturated carbocycles. The van der Waals surface area contributed by atoms with Crippen LogP contribution in [0.5, 0.6) is 0 Å². The van der Waals surface area contributed by atoms with Crippen LogP contribution < -0.4 is 10.2 Å². The summed E-state index contributed by atoms with van der Waals surface area (Å²) in [6.45, 7) is 10.7. The number of aromatic nitrogens is 2. The molecule has 0 unspecified atom stereocenters. The molecule has 4 nitrogen and oxygen atoms in total. The maximum atomic E-state index is 4.49. The van der Waals surface area contributed by atoms with Gasteiger partial charge in [0.2, 0.25) is 0 Å². The number of nitrogens with one attached hydrogen (secondary N) is 1. The molecule has 1 aliphatic heterocycles. The van der Waals surface area contributed by atoms with E-state index in [0.29, 0.717) is 5.92 Å². The van der Waals surface area contributed by atoms with Crippen LogP contribution in [0.25, 0.3) is 0 Å². The summed E-state index contributed by atoms with van der Waals surface area (Å²) in [5.41, 5.74) is 2.51. The molecular formula is C13H22N4. The third-order valence-corrected chi connectivity index (χ3v) is 3.12. The van der Waals surface area contributed by atoms with Crippen molar-refractivity contribution in [1.82, 2.24) is 15.3 Å². The second-order valence-corrected chi connectivity index (χ2v) is 4.98. The molecule has 1 N–H and O–H groups in total. The van der Waals surface area contributed by atoms with Crippen LogP contribution in [0.4, 0.5) is 5.82 Å². The van der Waals surface area contributed by atoms with E-state index in [-0.39, 0.29) is 0 Å². The average Bonchev–Trinajstić information content (AvgIpc) is 2.35. The molecule has 94 valence electrons. The van der Waals surface area contributed by atoms with Crippen LogP contribution in [0, 0.1) is 5.92 Å². The fourth-order valence-electron chi connectivity index (χ4n) is 2.33. The molecule has 0 aromatic carbocycles. The maximum Gasteiger partial charge on any atom is 0.136 e. The molecule has 17 heavy (non-hydrogen) atoms. The smallest absolute Gasteiger partial charge is 0.136 e. The van der Waals surface area contributed by atoms with Crippen LogP contribution in [-0.2, 0) is 13.0 Å². The van der Waals surface area contributed by atoms with Crippen molar-refractivity contribution >= 4 is 5.82 Å². The predicted molar refractivity (Wildman–Crippen MR) is 70.2 cm³/mol. The SMILES string of the molecule is CCN(CC(C)C)c1ncnc2c1CNCC2. The fraction of sp³-hybridized carbons (Fsp3) is 0.692. The third-order valence-electron chi connectivity index (χ3n) is 3.12. The molecule has 0 fully saturated rings. The van der Waals surface area contributed by atoms with Gasteiger partial charge in [0.15, 0.2) is 0 Å². The molecule has 0 saturated heterocycles. The second kappa shape index (κ2) is 5.45. The highest BCUT2D eigenvalue weighted by Gasteiger charge is 2.18. The molecule has 1 aromatic rings. The first-order valence-corrected chi connectivity index (χ1v) is 6.50. The van der Waals surface area contributed by atoms with E-state index in [4.69, 9.17) is 0 Å². The number of hydrogen-bond donors (Lipinski definition) is 1. The first-order chi connectivity index (χ1) is 8.22. The Bertz CT molecular complexity index is 376. The van der Waals surface area contributed by atoms with Gasteiger partial charge in [-0.05, 0) is 12.8 Å². The lowest BCUT2D eigenvalue weighted by atomic mass is 10.1. The molecule has 0 radical (unpaired) electrons. The van der Waals surface area contributed by atoms with Crippen molar-refractivity contribution in [2.24, 2.45) is 5.92 Å². The largest absolute Gasteiger partial charge is 0.356 e. The fourth-order valence-corrected chi connectivity index (χ4v) is 2.33. The van der Waals surface area contributed by atoms with Crippen LogP contribution in [-0.4, -0.2) is 29.6 Å². The lowest BCUT2D eigenvalue weighted by Gasteiger charge is -2.28. The van der Waals surface area contributed by atoms with Crippen molar-refractivity contribution in [1.29, 1.82) is 0 Å². The van der Waals surface area contributed by atoms with Gasteiger partial charge in [0.05, 0.1) is 5.69 Å². The summed E-state index contributed by atoms with van der Waals surface area (Å²) in [7, 11) is 0. The second-order valence-electron chi connectivity index (χ2n) is 4.98. The number of fused-ring (bicyclic) bond motifs is 1. The summed E-state index contributed by atoms with van der Waals surface area (Å²) < 4.78 is 0. The molecule has 0 aliphatic carbocycles. The van der Waals surface area contributed by atoms with Crippen LogP contribution >= 0.6 is 0 Å². The Morgan fingerprint density at radius 1 is 1.41 bits per heavy atom. The van der Waals surface area contributed by atoms with Crippen molar-refractivity contribution < 1.29 is 0 Å². The normalized spacial score (nSPS) is 14.8. The molecule has 1 aromatic heterocycles. The molecule has 0 amide bonds. The lowest BCUT2D eigenvalue weighted by Crippen LogP contribution is -2.33. The lowest BCUT2D eigenvalue weighted by molar-refractivity contribution is 0.593. The Hall–Kier alpha value is -1.16. The number of rotatable bonds is 4. The minimum Gasteiger partial charge on any atom is -0.356 e. The Morgan fingerprint density at radius 2 is 2.24 bits per heavy atom. The molecule has 1 aliphatic rings. The van der Waals surface area contributed by atoms with Crippen molar-refractivity contribution in [2.45, 2.75) is 33.7 Å². The van der Waals surface area contributed by atoms with Gasteiger partial charge in [-0.2, -0.15) is 0 Å². The monoisotopic (exact) mass is 234 g/mol. The molecule has 0 bridgehead atoms. The van der Waals surface area contributed by atoms with Gasteiger partial charge in [-0.1, -0.05) is 13.8 Å². The van der Waals surface area contributed by atoms with Gasteiger partial charge in [0, 0.05) is 38.2 Å². The van der Waals surface area contributed by atoms with Crippen LogP contribution in [0.1, 0.15) is 32.0 Å². The van der Waals surface area contributed by atoms with Gasteiger partial charge in [-0.3, -0.25) is 0 Å². The van der Waals surface area contributed by atoms with Gasteiger partial charge in [-0.25, -0.2) is 9.97 Å². The Labute approximate surface area is 103 Å². The van der Waals surface area contributed by atoms with E-state index in [0.717, 1.165) is 38.4 Å². The number of anilines is 1. The van der Waals surface area contributed by atoms with E-state index in [2.05, 4.69) is 41.0 Å². The highest BCUT2D eigenvalue weighted by molar-refractivity contribution is 5.49. The van der Waals surface area contributed by atoms with Gasteiger partial charge >= 0.3 is 0 Å². The number of hydrogen-bond acceptors (Lipinski definition) is 4. The van der Waals surface area contributed by atoms with Crippen LogP contribution in [0.15, 0.2) is 6.33 Å². The Morgan fingerprint density at radius 3 is 2.94 bits per heavy atom. The highest BCUT2D eigenvalue weighted by Crippen LogP contribution is 2.22. The third kappa shape index (κ3) is 2.75. The molecule has 0 atom stereocenters. The van der Waals surface area contributed by atoms with E-state index in [1.54, 1.807) is 6.33 Å². The molecule has 2 heterocycles. The topological polar surface area (TPSA) is 41.1 Å². The quantitative estimate of drug-likeness (QED) is 0.859. The Balaban J connectivity index is 2.29. The van der Waals surface area contributed by atoms with Gasteiger partial charge in [0.25, 0.3) is 0 Å². The van der Waals surface area contributed by atoms with E-state index in [9.17, 15) is 0 Å². The molecular weight excluding hydrogens is 212 g/mol. The highest BCUT2D eigenvalue weighted by atomic mass is 15.2. The molecule has 0 spiro atoms. The zero-order chi connectivity index (χ0) is 12.3. The van der Waals surface area contributed by atoms with E-state index < -0.39 is 0 Å². The minimum absolute atomic E-state index is 0.650. The van der Waals surface area contributed by atoms with Gasteiger partial charge in [0.1, 0.15) is 12.1 Å². The van der Waals surface area contributed by atoms with E-state index >= 15 is 0 Å². The summed E-state index contributed by atoms with van der Waals surface area (Å²) in [4.78, 5) is 11.2. The molecule has 2 rings (SSSR count). The standard InChI is InChI=1S/C13H22N4/c1-4-17(8-10(2)3)13-11-7-14-6-5-12(11)15-9-16-13/h9-10,14H,4-8H2,1-3H3. The maximum absolute atomic E-state index is 4.49. The van der Waals surface area contributed by atoms with Crippen molar-refractivity contribution in [3.05, 3.63) is 17.6 Å². The van der Waals surface area contributed by atoms with E-state index in [1.165, 1.54) is 11.3 Å². The first kappa shape index (κ1) is 12.3. The van der Waals surface area contributed by atoms with Crippen molar-refractivity contribution in [2.75, 3.05) is 24.5 Å². The predicted octanol–water partition coefficient (Wildman–Crippen LogP) is 1.60. The summed E-state index contributed by atoms with van der Waals surface area (Å²) in [5, 5.41) is 3.41. The zero-order valence-electron chi connectivity index (χ0n) is 11.0. The first-order valence-electron chi connectivity index (χ1n) is 6.50. The molecule has 4 heteroatoms. The van der Waals surface area contributed by atoms with Crippen molar-refractivity contribution in [3.8, 4) is 0 Å². The summed E-state index contributed by atoms with van der Waals surface area (Å²) >= 11 is 0. The zero-order valence-corrected chi connectivity index (χ0v) is 11.0.